The summed E-state index contributed by atoms with van der Waals surface area (Å²) < 4.78 is 5.59. The largest absolute Gasteiger partial charge is 0.494 e. The number of rotatable bonds is 6. The molecule has 0 fully saturated rings. The summed E-state index contributed by atoms with van der Waals surface area (Å²) in [5.74, 6) is 0.915. The van der Waals surface area contributed by atoms with Crippen LogP contribution in [-0.4, -0.2) is 13.7 Å². The number of benzene rings is 1. The van der Waals surface area contributed by atoms with Crippen molar-refractivity contribution in [1.29, 1.82) is 0 Å². The van der Waals surface area contributed by atoms with Gasteiger partial charge in [-0.3, -0.25) is 0 Å². The predicted octanol–water partition coefficient (Wildman–Crippen LogP) is 4.50. The summed E-state index contributed by atoms with van der Waals surface area (Å²) in [7, 11) is 1.95. The van der Waals surface area contributed by atoms with Crippen LogP contribution >= 0.6 is 22.9 Å². The Morgan fingerprint density at radius 3 is 2.53 bits per heavy atom. The van der Waals surface area contributed by atoms with E-state index in [9.17, 15) is 0 Å². The van der Waals surface area contributed by atoms with Gasteiger partial charge in [-0.1, -0.05) is 30.7 Å². The number of hydrogen-bond acceptors (Lipinski definition) is 3. The highest BCUT2D eigenvalue weighted by atomic mass is 35.5. The Morgan fingerprint density at radius 1 is 1.26 bits per heavy atom. The molecule has 1 N–H and O–H groups in total. The molecule has 0 radical (unpaired) electrons. The molecule has 1 heterocycles. The Hall–Kier alpha value is -1.03. The molecular weight excluding hydrogens is 278 g/mol. The van der Waals surface area contributed by atoms with Crippen LogP contribution in [0.1, 0.15) is 29.8 Å². The van der Waals surface area contributed by atoms with Crippen molar-refractivity contribution in [1.82, 2.24) is 5.32 Å². The minimum atomic E-state index is 0.132. The van der Waals surface area contributed by atoms with E-state index < -0.39 is 0 Å². The summed E-state index contributed by atoms with van der Waals surface area (Å²) >= 11 is 7.88. The van der Waals surface area contributed by atoms with Crippen LogP contribution in [0.5, 0.6) is 5.75 Å². The molecule has 0 bridgehead atoms. The van der Waals surface area contributed by atoms with E-state index >= 15 is 0 Å². The number of halogens is 1. The first-order valence-electron chi connectivity index (χ1n) is 6.39. The van der Waals surface area contributed by atoms with Gasteiger partial charge in [-0.15, -0.1) is 11.3 Å². The Kier molecular flexibility index (Phi) is 5.25. The Morgan fingerprint density at radius 2 is 2.00 bits per heavy atom. The summed E-state index contributed by atoms with van der Waals surface area (Å²) in [6, 6.07) is 10.3. The molecule has 1 aromatic carbocycles. The number of hydrogen-bond donors (Lipinski definition) is 1. The second-order valence-corrected chi connectivity index (χ2v) is 5.63. The lowest BCUT2D eigenvalue weighted by Gasteiger charge is -2.16. The second kappa shape index (κ2) is 6.94. The zero-order valence-electron chi connectivity index (χ0n) is 11.2. The van der Waals surface area contributed by atoms with Crippen molar-refractivity contribution in [3.05, 3.63) is 51.2 Å². The van der Waals surface area contributed by atoms with Crippen LogP contribution < -0.4 is 10.1 Å². The first-order valence-corrected chi connectivity index (χ1v) is 7.65. The molecule has 2 nitrogen and oxygen atoms in total. The highest BCUT2D eigenvalue weighted by molar-refractivity contribution is 7.10. The average Bonchev–Trinajstić information content (AvgIpc) is 2.85. The fourth-order valence-corrected chi connectivity index (χ4v) is 3.24. The van der Waals surface area contributed by atoms with Crippen molar-refractivity contribution in [3.63, 3.8) is 0 Å². The maximum absolute atomic E-state index is 6.21. The zero-order chi connectivity index (χ0) is 13.7. The normalized spacial score (nSPS) is 12.4. The molecule has 1 atom stereocenters. The first kappa shape index (κ1) is 14.4. The standard InChI is InChI=1S/C15H18ClNOS/c1-3-9-18-12-6-4-11(5-7-12)14(17-2)15-13(16)8-10-19-15/h4-8,10,14,17H,3,9H2,1-2H3. The molecule has 19 heavy (non-hydrogen) atoms. The van der Waals surface area contributed by atoms with Crippen LogP contribution in [0.4, 0.5) is 0 Å². The molecule has 0 spiro atoms. The van der Waals surface area contributed by atoms with Crippen LogP contribution in [0, 0.1) is 0 Å². The Bertz CT molecular complexity index is 509. The summed E-state index contributed by atoms with van der Waals surface area (Å²) in [5, 5.41) is 6.14. The average molecular weight is 296 g/mol. The maximum atomic E-state index is 6.21. The van der Waals surface area contributed by atoms with Crippen molar-refractivity contribution in [3.8, 4) is 5.75 Å². The highest BCUT2D eigenvalue weighted by Gasteiger charge is 2.16. The van der Waals surface area contributed by atoms with Gasteiger partial charge >= 0.3 is 0 Å². The molecule has 0 aliphatic heterocycles. The molecule has 0 saturated carbocycles. The molecule has 0 aliphatic rings. The third-order valence-corrected chi connectivity index (χ3v) is 4.31. The van der Waals surface area contributed by atoms with Crippen molar-refractivity contribution in [2.75, 3.05) is 13.7 Å². The van der Waals surface area contributed by atoms with Crippen molar-refractivity contribution < 1.29 is 4.74 Å². The smallest absolute Gasteiger partial charge is 0.119 e. The molecule has 2 aromatic rings. The number of nitrogens with one attached hydrogen (secondary N) is 1. The monoisotopic (exact) mass is 295 g/mol. The van der Waals surface area contributed by atoms with Crippen LogP contribution in [0.15, 0.2) is 35.7 Å². The summed E-state index contributed by atoms with van der Waals surface area (Å²) in [6.45, 7) is 2.86. The summed E-state index contributed by atoms with van der Waals surface area (Å²) in [4.78, 5) is 1.14. The van der Waals surface area contributed by atoms with Crippen molar-refractivity contribution in [2.45, 2.75) is 19.4 Å². The fourth-order valence-electron chi connectivity index (χ4n) is 1.94. The quantitative estimate of drug-likeness (QED) is 0.847. The third-order valence-electron chi connectivity index (χ3n) is 2.88. The minimum absolute atomic E-state index is 0.132. The van der Waals surface area contributed by atoms with Gasteiger partial charge in [0.2, 0.25) is 0 Å². The zero-order valence-corrected chi connectivity index (χ0v) is 12.7. The van der Waals surface area contributed by atoms with Crippen LogP contribution in [0.2, 0.25) is 5.02 Å². The van der Waals surface area contributed by atoms with Gasteiger partial charge < -0.3 is 10.1 Å². The fraction of sp³-hybridized carbons (Fsp3) is 0.333. The summed E-state index contributed by atoms with van der Waals surface area (Å²) in [5.41, 5.74) is 1.19. The molecular formula is C15H18ClNOS. The first-order chi connectivity index (χ1) is 9.26. The van der Waals surface area contributed by atoms with Crippen LogP contribution in [-0.2, 0) is 0 Å². The van der Waals surface area contributed by atoms with E-state index in [1.807, 2.05) is 30.6 Å². The molecule has 0 saturated heterocycles. The van der Waals surface area contributed by atoms with Crippen molar-refractivity contribution >= 4 is 22.9 Å². The maximum Gasteiger partial charge on any atom is 0.119 e. The lowest BCUT2D eigenvalue weighted by atomic mass is 10.1. The number of ether oxygens (including phenoxy) is 1. The predicted molar refractivity (Wildman–Crippen MR) is 82.5 cm³/mol. The second-order valence-electron chi connectivity index (χ2n) is 4.27. The Labute approximate surface area is 123 Å². The van der Waals surface area contributed by atoms with Gasteiger partial charge in [0.25, 0.3) is 0 Å². The van der Waals surface area contributed by atoms with Crippen LogP contribution in [0.25, 0.3) is 0 Å². The number of thiophene rings is 1. The lowest BCUT2D eigenvalue weighted by Crippen LogP contribution is -2.16. The Balaban J connectivity index is 2.18. The minimum Gasteiger partial charge on any atom is -0.494 e. The summed E-state index contributed by atoms with van der Waals surface area (Å²) in [6.07, 6.45) is 1.02. The van der Waals surface area contributed by atoms with E-state index in [2.05, 4.69) is 24.4 Å². The highest BCUT2D eigenvalue weighted by Crippen LogP contribution is 2.33. The third kappa shape index (κ3) is 3.50. The van der Waals surface area contributed by atoms with Crippen molar-refractivity contribution in [2.24, 2.45) is 0 Å². The van der Waals surface area contributed by atoms with Gasteiger partial charge in [-0.25, -0.2) is 0 Å². The molecule has 0 aliphatic carbocycles. The molecule has 0 amide bonds. The van der Waals surface area contributed by atoms with Gasteiger partial charge in [0.05, 0.1) is 17.7 Å². The molecule has 102 valence electrons. The van der Waals surface area contributed by atoms with Gasteiger partial charge in [0.15, 0.2) is 0 Å². The van der Waals surface area contributed by atoms with Crippen LogP contribution in [0.3, 0.4) is 0 Å². The topological polar surface area (TPSA) is 21.3 Å². The van der Waals surface area contributed by atoms with Gasteiger partial charge in [0.1, 0.15) is 5.75 Å². The molecule has 1 unspecified atom stereocenters. The van der Waals surface area contributed by atoms with E-state index in [0.29, 0.717) is 0 Å². The van der Waals surface area contributed by atoms with Gasteiger partial charge in [-0.2, -0.15) is 0 Å². The molecule has 1 aromatic heterocycles. The SMILES string of the molecule is CCCOc1ccc(C(NC)c2sccc2Cl)cc1. The van der Waals surface area contributed by atoms with E-state index in [4.69, 9.17) is 16.3 Å². The van der Waals surface area contributed by atoms with E-state index in [1.165, 1.54) is 5.56 Å². The molecule has 2 rings (SSSR count). The van der Waals surface area contributed by atoms with E-state index in [1.54, 1.807) is 11.3 Å². The van der Waals surface area contributed by atoms with Gasteiger partial charge in [-0.05, 0) is 42.6 Å². The lowest BCUT2D eigenvalue weighted by molar-refractivity contribution is 0.317. The van der Waals surface area contributed by atoms with E-state index in [0.717, 1.165) is 28.7 Å². The van der Waals surface area contributed by atoms with E-state index in [-0.39, 0.29) is 6.04 Å². The molecule has 4 heteroatoms. The van der Waals surface area contributed by atoms with Gasteiger partial charge in [0, 0.05) is 4.88 Å².